The first-order valence-corrected chi connectivity index (χ1v) is 9.08. The van der Waals surface area contributed by atoms with Gasteiger partial charge in [0.05, 0.1) is 6.04 Å². The van der Waals surface area contributed by atoms with E-state index in [0.717, 1.165) is 30.6 Å². The predicted octanol–water partition coefficient (Wildman–Crippen LogP) is 5.42. The monoisotopic (exact) mass is 372 g/mol. The molecule has 0 spiro atoms. The van der Waals surface area contributed by atoms with Crippen LogP contribution in [-0.4, -0.2) is 16.0 Å². The first-order valence-electron chi connectivity index (χ1n) is 8.70. The van der Waals surface area contributed by atoms with E-state index < -0.39 is 11.6 Å². The van der Waals surface area contributed by atoms with Crippen molar-refractivity contribution in [3.63, 3.8) is 0 Å². The molecule has 1 atom stereocenters. The molecule has 2 nitrogen and oxygen atoms in total. The third-order valence-corrected chi connectivity index (χ3v) is 5.12. The van der Waals surface area contributed by atoms with Gasteiger partial charge in [0, 0.05) is 36.5 Å². The van der Waals surface area contributed by atoms with E-state index in [9.17, 15) is 8.78 Å². The second-order valence-electron chi connectivity index (χ2n) is 6.66. The van der Waals surface area contributed by atoms with Gasteiger partial charge in [0.2, 0.25) is 0 Å². The molecular weight excluding hydrogens is 354 g/mol. The first-order chi connectivity index (χ1) is 12.6. The van der Waals surface area contributed by atoms with Crippen LogP contribution in [0.2, 0.25) is 5.02 Å². The highest BCUT2D eigenvalue weighted by Gasteiger charge is 2.27. The largest absolute Gasteiger partial charge is 0.350 e. The molecule has 26 heavy (non-hydrogen) atoms. The second kappa shape index (κ2) is 7.22. The average Bonchev–Trinajstić information content (AvgIpc) is 3.00. The molecule has 134 valence electrons. The van der Waals surface area contributed by atoms with Crippen molar-refractivity contribution in [3.05, 3.63) is 94.3 Å². The van der Waals surface area contributed by atoms with Crippen molar-refractivity contribution in [1.82, 2.24) is 9.47 Å². The van der Waals surface area contributed by atoms with Crippen LogP contribution < -0.4 is 0 Å². The minimum atomic E-state index is -0.815. The summed E-state index contributed by atoms with van der Waals surface area (Å²) in [5.74, 6) is -1.62. The topological polar surface area (TPSA) is 8.17 Å². The Morgan fingerprint density at radius 2 is 1.85 bits per heavy atom. The van der Waals surface area contributed by atoms with Crippen LogP contribution in [0.15, 0.2) is 60.8 Å². The number of hydrogen-bond acceptors (Lipinski definition) is 1. The molecule has 0 saturated heterocycles. The van der Waals surface area contributed by atoms with Crippen LogP contribution in [0.3, 0.4) is 0 Å². The van der Waals surface area contributed by atoms with Gasteiger partial charge in [-0.05, 0) is 53.9 Å². The Kier molecular flexibility index (Phi) is 4.79. The van der Waals surface area contributed by atoms with Crippen molar-refractivity contribution in [2.75, 3.05) is 6.54 Å². The Labute approximate surface area is 156 Å². The van der Waals surface area contributed by atoms with Crippen LogP contribution >= 0.6 is 11.6 Å². The van der Waals surface area contributed by atoms with Gasteiger partial charge >= 0.3 is 0 Å². The summed E-state index contributed by atoms with van der Waals surface area (Å²) in [6, 6.07) is 16.2. The van der Waals surface area contributed by atoms with Gasteiger partial charge in [-0.3, -0.25) is 4.90 Å². The number of rotatable bonds is 3. The molecular formula is C21H19ClF2N2. The molecule has 5 heteroatoms. The van der Waals surface area contributed by atoms with Gasteiger partial charge in [-0.2, -0.15) is 0 Å². The second-order valence-corrected chi connectivity index (χ2v) is 7.09. The molecule has 0 saturated carbocycles. The van der Waals surface area contributed by atoms with Crippen LogP contribution in [0.4, 0.5) is 8.78 Å². The van der Waals surface area contributed by atoms with Gasteiger partial charge < -0.3 is 4.57 Å². The van der Waals surface area contributed by atoms with Crippen LogP contribution in [0.1, 0.15) is 29.3 Å². The summed E-state index contributed by atoms with van der Waals surface area (Å²) in [4.78, 5) is 2.30. The third-order valence-electron chi connectivity index (χ3n) is 4.89. The summed E-state index contributed by atoms with van der Waals surface area (Å²) in [5, 5.41) is 0.692. The molecule has 0 N–H and O–H groups in total. The zero-order chi connectivity index (χ0) is 18.1. The molecule has 0 fully saturated rings. The number of aromatic nitrogens is 1. The fourth-order valence-electron chi connectivity index (χ4n) is 3.74. The van der Waals surface area contributed by atoms with Gasteiger partial charge in [-0.1, -0.05) is 29.8 Å². The van der Waals surface area contributed by atoms with E-state index in [4.69, 9.17) is 11.6 Å². The molecule has 0 aliphatic carbocycles. The molecule has 3 aromatic rings. The Bertz CT molecular complexity index is 922. The minimum absolute atomic E-state index is 0.0133. The lowest BCUT2D eigenvalue weighted by Gasteiger charge is -2.31. The minimum Gasteiger partial charge on any atom is -0.350 e. The maximum atomic E-state index is 13.7. The lowest BCUT2D eigenvalue weighted by atomic mass is 10.0. The predicted molar refractivity (Wildman–Crippen MR) is 99.1 cm³/mol. The molecule has 0 amide bonds. The quantitative estimate of drug-likeness (QED) is 0.596. The van der Waals surface area contributed by atoms with E-state index in [1.807, 2.05) is 24.3 Å². The fraction of sp³-hybridized carbons (Fsp3) is 0.238. The fourth-order valence-corrected chi connectivity index (χ4v) is 3.94. The van der Waals surface area contributed by atoms with Crippen LogP contribution in [0.25, 0.3) is 0 Å². The highest BCUT2D eigenvalue weighted by Crippen LogP contribution is 2.34. The lowest BCUT2D eigenvalue weighted by molar-refractivity contribution is 0.220. The number of aryl methyl sites for hydroxylation is 1. The molecule has 0 radical (unpaired) electrons. The van der Waals surface area contributed by atoms with Crippen molar-refractivity contribution in [2.24, 2.45) is 0 Å². The average molecular weight is 373 g/mol. The summed E-state index contributed by atoms with van der Waals surface area (Å²) in [6.07, 6.45) is 3.08. The zero-order valence-electron chi connectivity index (χ0n) is 14.2. The molecule has 0 bridgehead atoms. The Hall–Kier alpha value is -2.17. The molecule has 4 rings (SSSR count). The maximum Gasteiger partial charge on any atom is 0.159 e. The smallest absolute Gasteiger partial charge is 0.159 e. The third kappa shape index (κ3) is 3.39. The Balaban J connectivity index is 1.74. The zero-order valence-corrected chi connectivity index (χ0v) is 15.0. The maximum absolute atomic E-state index is 13.7. The number of benzene rings is 2. The van der Waals surface area contributed by atoms with Crippen molar-refractivity contribution in [3.8, 4) is 0 Å². The number of halogens is 3. The van der Waals surface area contributed by atoms with E-state index in [1.165, 1.54) is 17.8 Å². The molecule has 2 heterocycles. The number of hydrogen-bond donors (Lipinski definition) is 0. The summed E-state index contributed by atoms with van der Waals surface area (Å²) in [5.41, 5.74) is 3.05. The van der Waals surface area contributed by atoms with Gasteiger partial charge in [0.15, 0.2) is 11.6 Å². The number of fused-ring (bicyclic) bond motifs is 1. The van der Waals surface area contributed by atoms with E-state index in [2.05, 4.69) is 27.8 Å². The molecule has 1 aromatic heterocycles. The van der Waals surface area contributed by atoms with Crippen LogP contribution in [0, 0.1) is 11.6 Å². The Morgan fingerprint density at radius 1 is 0.962 bits per heavy atom. The summed E-state index contributed by atoms with van der Waals surface area (Å²) in [6.45, 7) is 2.34. The van der Waals surface area contributed by atoms with E-state index in [-0.39, 0.29) is 6.04 Å². The SMILES string of the molecule is Fc1ccc(CN2CCCn3cccc3C2c2cccc(Cl)c2)cc1F. The van der Waals surface area contributed by atoms with Crippen molar-refractivity contribution >= 4 is 11.6 Å². The molecule has 1 aliphatic rings. The molecule has 2 aromatic carbocycles. The summed E-state index contributed by atoms with van der Waals surface area (Å²) in [7, 11) is 0. The normalized spacial score (nSPS) is 17.7. The standard InChI is InChI=1S/C21H19ClF2N2/c22-17-5-1-4-16(13-17)21-20-6-2-9-25(20)10-3-11-26(21)14-15-7-8-18(23)19(24)12-15/h1-2,4-9,12-13,21H,3,10-11,14H2. The van der Waals surface area contributed by atoms with E-state index >= 15 is 0 Å². The van der Waals surface area contributed by atoms with Gasteiger partial charge in [0.25, 0.3) is 0 Å². The van der Waals surface area contributed by atoms with Gasteiger partial charge in [0.1, 0.15) is 0 Å². The van der Waals surface area contributed by atoms with Crippen molar-refractivity contribution < 1.29 is 8.78 Å². The Morgan fingerprint density at radius 3 is 2.65 bits per heavy atom. The van der Waals surface area contributed by atoms with Crippen molar-refractivity contribution in [1.29, 1.82) is 0 Å². The highest BCUT2D eigenvalue weighted by atomic mass is 35.5. The van der Waals surface area contributed by atoms with Gasteiger partial charge in [-0.25, -0.2) is 8.78 Å². The van der Waals surface area contributed by atoms with Crippen LogP contribution in [0.5, 0.6) is 0 Å². The lowest BCUT2D eigenvalue weighted by Crippen LogP contribution is -2.29. The first kappa shape index (κ1) is 17.3. The summed E-state index contributed by atoms with van der Waals surface area (Å²) < 4.78 is 29.2. The van der Waals surface area contributed by atoms with E-state index in [0.29, 0.717) is 11.6 Å². The van der Waals surface area contributed by atoms with Crippen molar-refractivity contribution in [2.45, 2.75) is 25.6 Å². The number of nitrogens with zero attached hydrogens (tertiary/aromatic N) is 2. The van der Waals surface area contributed by atoms with Gasteiger partial charge in [-0.15, -0.1) is 0 Å². The summed E-state index contributed by atoms with van der Waals surface area (Å²) >= 11 is 6.24. The molecule has 1 aliphatic heterocycles. The highest BCUT2D eigenvalue weighted by molar-refractivity contribution is 6.30. The molecule has 1 unspecified atom stereocenters. The van der Waals surface area contributed by atoms with E-state index in [1.54, 1.807) is 6.07 Å². The van der Waals surface area contributed by atoms with Crippen LogP contribution in [-0.2, 0) is 13.1 Å².